The molecule has 1 unspecified atom stereocenters. The molecule has 0 radical (unpaired) electrons. The minimum atomic E-state index is -0.524. The molecule has 3 rings (SSSR count). The van der Waals surface area contributed by atoms with Crippen LogP contribution in [0.5, 0.6) is 0 Å². The van der Waals surface area contributed by atoms with Crippen LogP contribution in [-0.2, 0) is 20.8 Å². The van der Waals surface area contributed by atoms with Crippen molar-refractivity contribution in [3.8, 4) is 0 Å². The Hall–Kier alpha value is -3.27. The van der Waals surface area contributed by atoms with Crippen molar-refractivity contribution in [1.82, 2.24) is 20.5 Å². The maximum absolute atomic E-state index is 12.7. The van der Waals surface area contributed by atoms with Crippen LogP contribution in [0.25, 0.3) is 0 Å². The van der Waals surface area contributed by atoms with Gasteiger partial charge in [0.25, 0.3) is 5.91 Å². The largest absolute Gasteiger partial charge is 0.354 e. The van der Waals surface area contributed by atoms with Gasteiger partial charge in [0.2, 0.25) is 17.7 Å². The normalized spacial score (nSPS) is 15.8. The second-order valence-corrected chi connectivity index (χ2v) is 8.73. The summed E-state index contributed by atoms with van der Waals surface area (Å²) in [5, 5.41) is 10.3. The van der Waals surface area contributed by atoms with Crippen molar-refractivity contribution in [2.45, 2.75) is 45.1 Å². The first-order valence-corrected chi connectivity index (χ1v) is 12.0. The molecule has 1 aromatic carbocycles. The Labute approximate surface area is 197 Å². The smallest absolute Gasteiger partial charge is 0.254 e. The predicted molar refractivity (Wildman–Crippen MR) is 126 cm³/mol. The Balaban J connectivity index is 1.52. The van der Waals surface area contributed by atoms with Gasteiger partial charge in [0.15, 0.2) is 5.13 Å². The lowest BCUT2D eigenvalue weighted by molar-refractivity contribution is -0.128. The van der Waals surface area contributed by atoms with E-state index in [2.05, 4.69) is 20.9 Å². The van der Waals surface area contributed by atoms with Crippen LogP contribution in [0.1, 0.15) is 48.7 Å². The molecule has 1 fully saturated rings. The molecule has 0 spiro atoms. The molecular formula is C23H29N5O4S. The highest BCUT2D eigenvalue weighted by atomic mass is 32.1. The Kier molecular flexibility index (Phi) is 8.94. The van der Waals surface area contributed by atoms with Gasteiger partial charge in [0.1, 0.15) is 12.6 Å². The Morgan fingerprint density at radius 2 is 1.97 bits per heavy atom. The molecule has 0 bridgehead atoms. The Bertz CT molecular complexity index is 978. The summed E-state index contributed by atoms with van der Waals surface area (Å²) in [6, 6.07) is 8.32. The molecule has 2 heterocycles. The van der Waals surface area contributed by atoms with Crippen molar-refractivity contribution in [1.29, 1.82) is 0 Å². The number of nitrogens with one attached hydrogen (secondary N) is 3. The maximum Gasteiger partial charge on any atom is 0.254 e. The zero-order valence-corrected chi connectivity index (χ0v) is 19.5. The van der Waals surface area contributed by atoms with Gasteiger partial charge in [0, 0.05) is 24.0 Å². The van der Waals surface area contributed by atoms with Gasteiger partial charge in [-0.15, -0.1) is 11.3 Å². The van der Waals surface area contributed by atoms with E-state index < -0.39 is 6.04 Å². The number of aromatic nitrogens is 1. The van der Waals surface area contributed by atoms with Gasteiger partial charge in [-0.25, -0.2) is 4.98 Å². The summed E-state index contributed by atoms with van der Waals surface area (Å²) in [5.74, 6) is -1.00. The molecule has 1 aliphatic heterocycles. The summed E-state index contributed by atoms with van der Waals surface area (Å²) in [6.07, 6.45) is 3.14. The van der Waals surface area contributed by atoms with Gasteiger partial charge in [0.05, 0.1) is 12.1 Å². The molecule has 9 nitrogen and oxygen atoms in total. The lowest BCUT2D eigenvalue weighted by Gasteiger charge is -2.21. The number of carbonyl (C=O) groups is 4. The molecule has 1 atom stereocenters. The minimum absolute atomic E-state index is 0.0185. The SMILES string of the molecule is CCCN(CC(=O)Nc1nc(CC(=O)NC2CCCCNC2=O)cs1)C(=O)c1ccccc1. The number of thiazole rings is 1. The van der Waals surface area contributed by atoms with Crippen molar-refractivity contribution in [3.63, 3.8) is 0 Å². The predicted octanol–water partition coefficient (Wildman–Crippen LogP) is 1.96. The summed E-state index contributed by atoms with van der Waals surface area (Å²) in [7, 11) is 0. The van der Waals surface area contributed by atoms with Crippen LogP contribution in [0.4, 0.5) is 5.13 Å². The van der Waals surface area contributed by atoms with E-state index >= 15 is 0 Å². The molecule has 0 aliphatic carbocycles. The zero-order valence-electron chi connectivity index (χ0n) is 18.6. The molecule has 1 aromatic heterocycles. The topological polar surface area (TPSA) is 120 Å². The van der Waals surface area contributed by atoms with Gasteiger partial charge in [-0.3, -0.25) is 19.2 Å². The number of benzene rings is 1. The van der Waals surface area contributed by atoms with E-state index in [-0.39, 0.29) is 36.6 Å². The van der Waals surface area contributed by atoms with Crippen LogP contribution in [0.2, 0.25) is 0 Å². The minimum Gasteiger partial charge on any atom is -0.354 e. The van der Waals surface area contributed by atoms with E-state index in [1.807, 2.05) is 13.0 Å². The number of amides is 4. The van der Waals surface area contributed by atoms with E-state index in [1.165, 1.54) is 16.2 Å². The second kappa shape index (κ2) is 12.1. The first kappa shape index (κ1) is 24.4. The average molecular weight is 472 g/mol. The van der Waals surface area contributed by atoms with Crippen molar-refractivity contribution < 1.29 is 19.2 Å². The van der Waals surface area contributed by atoms with E-state index in [0.29, 0.717) is 35.9 Å². The third-order valence-corrected chi connectivity index (χ3v) is 5.95. The highest BCUT2D eigenvalue weighted by Gasteiger charge is 2.23. The second-order valence-electron chi connectivity index (χ2n) is 7.87. The van der Waals surface area contributed by atoms with Crippen molar-refractivity contribution in [3.05, 3.63) is 47.0 Å². The first-order valence-electron chi connectivity index (χ1n) is 11.1. The quantitative estimate of drug-likeness (QED) is 0.516. The van der Waals surface area contributed by atoms with Gasteiger partial charge in [-0.05, 0) is 37.8 Å². The van der Waals surface area contributed by atoms with Gasteiger partial charge in [-0.2, -0.15) is 0 Å². The monoisotopic (exact) mass is 471 g/mol. The van der Waals surface area contributed by atoms with Gasteiger partial charge < -0.3 is 20.9 Å². The van der Waals surface area contributed by atoms with Crippen LogP contribution in [-0.4, -0.2) is 59.2 Å². The van der Waals surface area contributed by atoms with Crippen molar-refractivity contribution in [2.24, 2.45) is 0 Å². The molecule has 4 amide bonds. The lowest BCUT2D eigenvalue weighted by atomic mass is 10.1. The Morgan fingerprint density at radius 1 is 1.18 bits per heavy atom. The fraction of sp³-hybridized carbons (Fsp3) is 0.435. The van der Waals surface area contributed by atoms with E-state index in [4.69, 9.17) is 0 Å². The fourth-order valence-corrected chi connectivity index (χ4v) is 4.28. The van der Waals surface area contributed by atoms with E-state index in [1.54, 1.807) is 29.6 Å². The van der Waals surface area contributed by atoms with Crippen molar-refractivity contribution in [2.75, 3.05) is 25.0 Å². The van der Waals surface area contributed by atoms with Crippen LogP contribution in [0, 0.1) is 0 Å². The molecule has 3 N–H and O–H groups in total. The van der Waals surface area contributed by atoms with Crippen LogP contribution in [0.15, 0.2) is 35.7 Å². The van der Waals surface area contributed by atoms with Crippen LogP contribution in [0.3, 0.4) is 0 Å². The average Bonchev–Trinajstić information content (AvgIpc) is 3.13. The maximum atomic E-state index is 12.7. The number of anilines is 1. The molecule has 1 aliphatic rings. The zero-order chi connectivity index (χ0) is 23.6. The molecule has 33 heavy (non-hydrogen) atoms. The summed E-state index contributed by atoms with van der Waals surface area (Å²) in [6.45, 7) is 2.94. The standard InChI is InChI=1S/C23H29N5O4S/c1-2-12-28(22(32)16-8-4-3-5-9-16)14-20(30)27-23-25-17(15-33-23)13-19(29)26-18-10-6-7-11-24-21(18)31/h3-5,8-9,15,18H,2,6-7,10-14H2,1H3,(H,24,31)(H,26,29)(H,25,27,30). The van der Waals surface area contributed by atoms with E-state index in [9.17, 15) is 19.2 Å². The molecular weight excluding hydrogens is 442 g/mol. The number of hydrogen-bond donors (Lipinski definition) is 3. The lowest BCUT2D eigenvalue weighted by Crippen LogP contribution is -2.46. The number of rotatable bonds is 9. The van der Waals surface area contributed by atoms with Gasteiger partial charge >= 0.3 is 0 Å². The van der Waals surface area contributed by atoms with Gasteiger partial charge in [-0.1, -0.05) is 25.1 Å². The first-order chi connectivity index (χ1) is 16.0. The number of carbonyl (C=O) groups excluding carboxylic acids is 4. The summed E-state index contributed by atoms with van der Waals surface area (Å²) >= 11 is 1.21. The molecule has 1 saturated heterocycles. The van der Waals surface area contributed by atoms with E-state index in [0.717, 1.165) is 19.3 Å². The molecule has 2 aromatic rings. The third kappa shape index (κ3) is 7.38. The highest BCUT2D eigenvalue weighted by Crippen LogP contribution is 2.16. The molecule has 10 heteroatoms. The third-order valence-electron chi connectivity index (χ3n) is 5.15. The fourth-order valence-electron chi connectivity index (χ4n) is 3.55. The van der Waals surface area contributed by atoms with Crippen molar-refractivity contribution >= 4 is 40.1 Å². The highest BCUT2D eigenvalue weighted by molar-refractivity contribution is 7.13. The number of nitrogens with zero attached hydrogens (tertiary/aromatic N) is 2. The molecule has 0 saturated carbocycles. The van der Waals surface area contributed by atoms with Crippen LogP contribution >= 0.6 is 11.3 Å². The Morgan fingerprint density at radius 3 is 2.73 bits per heavy atom. The summed E-state index contributed by atoms with van der Waals surface area (Å²) in [4.78, 5) is 55.4. The summed E-state index contributed by atoms with van der Waals surface area (Å²) < 4.78 is 0. The summed E-state index contributed by atoms with van der Waals surface area (Å²) in [5.41, 5.74) is 1.04. The number of hydrogen-bond acceptors (Lipinski definition) is 6. The van der Waals surface area contributed by atoms with Crippen LogP contribution < -0.4 is 16.0 Å². The molecule has 176 valence electrons.